The first kappa shape index (κ1) is 15.1. The SMILES string of the molecule is CCN1CCOC(CNCC2Cc3cc(Cl)ccc3O2)C1. The van der Waals surface area contributed by atoms with Crippen LogP contribution in [0.25, 0.3) is 0 Å². The van der Waals surface area contributed by atoms with Crippen LogP contribution in [0, 0.1) is 0 Å². The Morgan fingerprint density at radius 3 is 3.05 bits per heavy atom. The van der Waals surface area contributed by atoms with Crippen molar-refractivity contribution in [1.29, 1.82) is 0 Å². The second kappa shape index (κ2) is 6.97. The summed E-state index contributed by atoms with van der Waals surface area (Å²) in [5.74, 6) is 0.970. The highest BCUT2D eigenvalue weighted by Crippen LogP contribution is 2.30. The number of hydrogen-bond acceptors (Lipinski definition) is 4. The van der Waals surface area contributed by atoms with Gasteiger partial charge in [-0.3, -0.25) is 4.90 Å². The number of rotatable bonds is 5. The van der Waals surface area contributed by atoms with E-state index in [1.165, 1.54) is 5.56 Å². The third kappa shape index (κ3) is 3.89. The van der Waals surface area contributed by atoms with Gasteiger partial charge in [0.1, 0.15) is 11.9 Å². The fourth-order valence-corrected chi connectivity index (χ4v) is 3.19. The molecule has 0 amide bonds. The molecule has 21 heavy (non-hydrogen) atoms. The molecule has 2 aliphatic rings. The summed E-state index contributed by atoms with van der Waals surface area (Å²) in [7, 11) is 0. The maximum Gasteiger partial charge on any atom is 0.123 e. The molecule has 0 aromatic heterocycles. The summed E-state index contributed by atoms with van der Waals surface area (Å²) in [6, 6.07) is 5.84. The van der Waals surface area contributed by atoms with Crippen molar-refractivity contribution in [3.8, 4) is 5.75 Å². The van der Waals surface area contributed by atoms with Gasteiger partial charge in [0.25, 0.3) is 0 Å². The van der Waals surface area contributed by atoms with Crippen molar-refractivity contribution in [1.82, 2.24) is 10.2 Å². The van der Waals surface area contributed by atoms with Crippen LogP contribution in [0.2, 0.25) is 5.02 Å². The van der Waals surface area contributed by atoms with Crippen LogP contribution < -0.4 is 10.1 Å². The maximum atomic E-state index is 6.01. The predicted molar refractivity (Wildman–Crippen MR) is 84.3 cm³/mol. The third-order valence-electron chi connectivity index (χ3n) is 4.18. The number of halogens is 1. The van der Waals surface area contributed by atoms with Gasteiger partial charge in [-0.2, -0.15) is 0 Å². The Hall–Kier alpha value is -0.810. The highest BCUT2D eigenvalue weighted by molar-refractivity contribution is 6.30. The molecule has 4 nitrogen and oxygen atoms in total. The Morgan fingerprint density at radius 1 is 1.33 bits per heavy atom. The molecule has 0 bridgehead atoms. The number of nitrogens with one attached hydrogen (secondary N) is 1. The van der Waals surface area contributed by atoms with Crippen LogP contribution >= 0.6 is 11.6 Å². The summed E-state index contributed by atoms with van der Waals surface area (Å²) in [5, 5.41) is 4.26. The Bertz CT molecular complexity index is 483. The molecule has 1 aromatic carbocycles. The summed E-state index contributed by atoms with van der Waals surface area (Å²) < 4.78 is 11.7. The second-order valence-corrected chi connectivity index (χ2v) is 6.18. The van der Waals surface area contributed by atoms with Gasteiger partial charge in [0.2, 0.25) is 0 Å². The van der Waals surface area contributed by atoms with E-state index in [0.29, 0.717) is 0 Å². The molecule has 1 N–H and O–H groups in total. The average molecular weight is 311 g/mol. The van der Waals surface area contributed by atoms with Crippen molar-refractivity contribution in [3.05, 3.63) is 28.8 Å². The van der Waals surface area contributed by atoms with Crippen molar-refractivity contribution in [2.24, 2.45) is 0 Å². The third-order valence-corrected chi connectivity index (χ3v) is 4.41. The van der Waals surface area contributed by atoms with E-state index in [-0.39, 0.29) is 12.2 Å². The number of likely N-dealkylation sites (N-methyl/N-ethyl adjacent to an activating group) is 1. The van der Waals surface area contributed by atoms with Gasteiger partial charge < -0.3 is 14.8 Å². The van der Waals surface area contributed by atoms with Gasteiger partial charge >= 0.3 is 0 Å². The van der Waals surface area contributed by atoms with Crippen molar-refractivity contribution in [2.75, 3.05) is 39.3 Å². The summed E-state index contributed by atoms with van der Waals surface area (Å²) in [6.07, 6.45) is 1.41. The lowest BCUT2D eigenvalue weighted by molar-refractivity contribution is -0.0258. The van der Waals surface area contributed by atoms with Crippen LogP contribution in [0.1, 0.15) is 12.5 Å². The Balaban J connectivity index is 1.41. The molecular formula is C16H23ClN2O2. The Morgan fingerprint density at radius 2 is 2.19 bits per heavy atom. The molecule has 0 spiro atoms. The van der Waals surface area contributed by atoms with Crippen molar-refractivity contribution >= 4 is 11.6 Å². The molecule has 116 valence electrons. The number of fused-ring (bicyclic) bond motifs is 1. The number of hydrogen-bond donors (Lipinski definition) is 1. The predicted octanol–water partition coefficient (Wildman–Crippen LogP) is 1.95. The van der Waals surface area contributed by atoms with Crippen molar-refractivity contribution in [2.45, 2.75) is 25.6 Å². The molecule has 3 rings (SSSR count). The lowest BCUT2D eigenvalue weighted by atomic mass is 10.1. The fraction of sp³-hybridized carbons (Fsp3) is 0.625. The first-order chi connectivity index (χ1) is 10.2. The molecule has 0 radical (unpaired) electrons. The molecule has 0 aliphatic carbocycles. The first-order valence-electron chi connectivity index (χ1n) is 7.74. The zero-order chi connectivity index (χ0) is 14.7. The van der Waals surface area contributed by atoms with Crippen LogP contribution in [0.15, 0.2) is 18.2 Å². The summed E-state index contributed by atoms with van der Waals surface area (Å²) in [6.45, 7) is 7.93. The van der Waals surface area contributed by atoms with E-state index in [1.807, 2.05) is 18.2 Å². The largest absolute Gasteiger partial charge is 0.488 e. The van der Waals surface area contributed by atoms with Crippen LogP contribution in [-0.2, 0) is 11.2 Å². The Kier molecular flexibility index (Phi) is 5.01. The minimum Gasteiger partial charge on any atom is -0.488 e. The molecule has 1 aromatic rings. The normalized spacial score (nSPS) is 25.6. The van der Waals surface area contributed by atoms with Gasteiger partial charge in [0.05, 0.1) is 12.7 Å². The van der Waals surface area contributed by atoms with Gasteiger partial charge in [-0.05, 0) is 30.3 Å². The zero-order valence-electron chi connectivity index (χ0n) is 12.5. The van der Waals surface area contributed by atoms with Gasteiger partial charge in [0.15, 0.2) is 0 Å². The molecule has 2 heterocycles. The van der Waals surface area contributed by atoms with Crippen molar-refractivity contribution < 1.29 is 9.47 Å². The zero-order valence-corrected chi connectivity index (χ0v) is 13.2. The van der Waals surface area contributed by atoms with Gasteiger partial charge in [-0.15, -0.1) is 0 Å². The van der Waals surface area contributed by atoms with Crippen LogP contribution in [0.5, 0.6) is 5.75 Å². The minimum atomic E-state index is 0.198. The van der Waals surface area contributed by atoms with Crippen LogP contribution in [-0.4, -0.2) is 56.4 Å². The second-order valence-electron chi connectivity index (χ2n) is 5.74. The van der Waals surface area contributed by atoms with Gasteiger partial charge in [0, 0.05) is 37.6 Å². The highest BCUT2D eigenvalue weighted by atomic mass is 35.5. The van der Waals surface area contributed by atoms with Crippen molar-refractivity contribution in [3.63, 3.8) is 0 Å². The van der Waals surface area contributed by atoms with E-state index in [0.717, 1.165) is 56.5 Å². The van der Waals surface area contributed by atoms with Gasteiger partial charge in [-0.1, -0.05) is 18.5 Å². The number of morpholine rings is 1. The molecule has 1 saturated heterocycles. The highest BCUT2D eigenvalue weighted by Gasteiger charge is 2.24. The van der Waals surface area contributed by atoms with E-state index in [9.17, 15) is 0 Å². The topological polar surface area (TPSA) is 33.7 Å². The van der Waals surface area contributed by atoms with E-state index in [2.05, 4.69) is 17.1 Å². The molecule has 0 saturated carbocycles. The standard InChI is InChI=1S/C16H23ClN2O2/c1-2-19-5-6-20-15(11-19)10-18-9-14-8-12-7-13(17)3-4-16(12)21-14/h3-4,7,14-15,18H,2,5-6,8-11H2,1H3. The fourth-order valence-electron chi connectivity index (χ4n) is 3.00. The van der Waals surface area contributed by atoms with E-state index in [4.69, 9.17) is 21.1 Å². The van der Waals surface area contributed by atoms with E-state index in [1.54, 1.807) is 0 Å². The molecule has 5 heteroatoms. The first-order valence-corrected chi connectivity index (χ1v) is 8.12. The molecular weight excluding hydrogens is 288 g/mol. The molecule has 1 fully saturated rings. The average Bonchev–Trinajstić information content (AvgIpc) is 2.89. The summed E-state index contributed by atoms with van der Waals surface area (Å²) in [5.41, 5.74) is 1.21. The Labute approximate surface area is 131 Å². The van der Waals surface area contributed by atoms with Crippen LogP contribution in [0.3, 0.4) is 0 Å². The van der Waals surface area contributed by atoms with E-state index >= 15 is 0 Å². The molecule has 2 atom stereocenters. The lowest BCUT2D eigenvalue weighted by Crippen LogP contribution is -2.47. The summed E-state index contributed by atoms with van der Waals surface area (Å²) >= 11 is 6.01. The van der Waals surface area contributed by atoms with Crippen LogP contribution in [0.4, 0.5) is 0 Å². The molecule has 2 aliphatic heterocycles. The smallest absolute Gasteiger partial charge is 0.123 e. The number of benzene rings is 1. The minimum absolute atomic E-state index is 0.198. The quantitative estimate of drug-likeness (QED) is 0.901. The number of nitrogens with zero attached hydrogens (tertiary/aromatic N) is 1. The lowest BCUT2D eigenvalue weighted by Gasteiger charge is -2.32. The number of ether oxygens (including phenoxy) is 2. The van der Waals surface area contributed by atoms with E-state index < -0.39 is 0 Å². The van der Waals surface area contributed by atoms with Gasteiger partial charge in [-0.25, -0.2) is 0 Å². The molecule has 2 unspecified atom stereocenters. The summed E-state index contributed by atoms with van der Waals surface area (Å²) in [4.78, 5) is 2.43. The monoisotopic (exact) mass is 310 g/mol. The maximum absolute atomic E-state index is 6.01.